The molecular weight excluding hydrogens is 394 g/mol. The number of carbonyl (C=O) groups excluding carboxylic acids is 1. The summed E-state index contributed by atoms with van der Waals surface area (Å²) in [6.45, 7) is 4.95. The number of hydrogen-bond donors (Lipinski definition) is 0. The smallest absolute Gasteiger partial charge is 0.276 e. The minimum Gasteiger partial charge on any atom is -0.365 e. The van der Waals surface area contributed by atoms with Gasteiger partial charge in [0, 0.05) is 63.7 Å². The highest BCUT2D eigenvalue weighted by molar-refractivity contribution is 5.92. The van der Waals surface area contributed by atoms with Crippen LogP contribution in [0, 0.1) is 5.92 Å². The SMILES string of the molecule is CN(Cc1cnc2n1CCOC21CCN(C(=O)c2cc(C3CC3)on2)CC1)CC1CC1. The molecule has 0 unspecified atom stereocenters. The molecule has 8 nitrogen and oxygen atoms in total. The molecule has 0 N–H and O–H groups in total. The minimum absolute atomic E-state index is 0.0351. The van der Waals surface area contributed by atoms with Gasteiger partial charge in [0.25, 0.3) is 5.91 Å². The summed E-state index contributed by atoms with van der Waals surface area (Å²) in [5.41, 5.74) is 1.32. The molecule has 1 amide bonds. The van der Waals surface area contributed by atoms with Crippen molar-refractivity contribution in [1.29, 1.82) is 0 Å². The molecule has 0 bridgehead atoms. The quantitative estimate of drug-likeness (QED) is 0.708. The highest BCUT2D eigenvalue weighted by atomic mass is 16.5. The summed E-state index contributed by atoms with van der Waals surface area (Å²) >= 11 is 0. The molecule has 4 heterocycles. The Bertz CT molecular complexity index is 966. The predicted molar refractivity (Wildman–Crippen MR) is 113 cm³/mol. The number of likely N-dealkylation sites (tertiary alicyclic amines) is 1. The second-order valence-electron chi connectivity index (χ2n) is 9.89. The fourth-order valence-electron chi connectivity index (χ4n) is 5.18. The molecule has 1 spiro atoms. The molecule has 2 aliphatic heterocycles. The molecule has 6 rings (SSSR count). The number of hydrogen-bond acceptors (Lipinski definition) is 6. The minimum atomic E-state index is -0.384. The number of nitrogens with zero attached hydrogens (tertiary/aromatic N) is 5. The molecule has 2 aromatic rings. The van der Waals surface area contributed by atoms with E-state index in [0.717, 1.165) is 56.3 Å². The molecule has 2 aliphatic carbocycles. The standard InChI is InChI=1S/C23H31N5O3/c1-26(14-16-2-3-16)15-18-13-24-22-23(30-11-10-28(18)22)6-8-27(9-7-23)21(29)19-12-20(31-25-19)17-4-5-17/h12-13,16-17H,2-11,14-15H2,1H3. The molecule has 4 aliphatic rings. The van der Waals surface area contributed by atoms with Gasteiger partial charge in [0.15, 0.2) is 5.69 Å². The lowest BCUT2D eigenvalue weighted by molar-refractivity contribution is -0.112. The van der Waals surface area contributed by atoms with Gasteiger partial charge < -0.3 is 23.6 Å². The van der Waals surface area contributed by atoms with Gasteiger partial charge in [-0.25, -0.2) is 4.98 Å². The molecule has 31 heavy (non-hydrogen) atoms. The Kier molecular flexibility index (Phi) is 4.68. The molecule has 0 radical (unpaired) electrons. The molecule has 1 saturated heterocycles. The van der Waals surface area contributed by atoms with Crippen LogP contribution in [0.15, 0.2) is 16.8 Å². The molecule has 3 fully saturated rings. The largest absolute Gasteiger partial charge is 0.365 e. The van der Waals surface area contributed by atoms with Crippen LogP contribution >= 0.6 is 0 Å². The summed E-state index contributed by atoms with van der Waals surface area (Å²) in [6.07, 6.45) is 8.58. The first-order chi connectivity index (χ1) is 15.1. The van der Waals surface area contributed by atoms with E-state index < -0.39 is 0 Å². The highest BCUT2D eigenvalue weighted by Crippen LogP contribution is 2.41. The fourth-order valence-corrected chi connectivity index (χ4v) is 5.18. The number of fused-ring (bicyclic) bond motifs is 2. The Hall–Kier alpha value is -2.19. The van der Waals surface area contributed by atoms with Crippen molar-refractivity contribution >= 4 is 5.91 Å². The second-order valence-corrected chi connectivity index (χ2v) is 9.89. The van der Waals surface area contributed by atoms with Gasteiger partial charge in [0.1, 0.15) is 17.2 Å². The Morgan fingerprint density at radius 2 is 2.03 bits per heavy atom. The van der Waals surface area contributed by atoms with Crippen LogP contribution in [0.1, 0.15) is 72.2 Å². The first-order valence-corrected chi connectivity index (χ1v) is 11.7. The summed E-state index contributed by atoms with van der Waals surface area (Å²) in [5.74, 6) is 3.21. The van der Waals surface area contributed by atoms with E-state index >= 15 is 0 Å². The number of aromatic nitrogens is 3. The van der Waals surface area contributed by atoms with E-state index in [9.17, 15) is 4.79 Å². The van der Waals surface area contributed by atoms with E-state index in [1.54, 1.807) is 0 Å². The van der Waals surface area contributed by atoms with Crippen LogP contribution in [0.25, 0.3) is 0 Å². The zero-order valence-corrected chi connectivity index (χ0v) is 18.3. The van der Waals surface area contributed by atoms with Gasteiger partial charge in [-0.2, -0.15) is 0 Å². The molecular formula is C23H31N5O3. The van der Waals surface area contributed by atoms with Crippen LogP contribution in [-0.2, 0) is 23.4 Å². The van der Waals surface area contributed by atoms with Gasteiger partial charge in [0.2, 0.25) is 0 Å². The van der Waals surface area contributed by atoms with Gasteiger partial charge in [-0.3, -0.25) is 4.79 Å². The summed E-state index contributed by atoms with van der Waals surface area (Å²) in [6, 6.07) is 1.83. The molecule has 2 saturated carbocycles. The van der Waals surface area contributed by atoms with Gasteiger partial charge in [-0.1, -0.05) is 5.16 Å². The first kappa shape index (κ1) is 19.5. The van der Waals surface area contributed by atoms with E-state index in [-0.39, 0.29) is 11.5 Å². The van der Waals surface area contributed by atoms with Crippen molar-refractivity contribution in [2.75, 3.05) is 33.3 Å². The van der Waals surface area contributed by atoms with Crippen molar-refractivity contribution in [3.63, 3.8) is 0 Å². The van der Waals surface area contributed by atoms with E-state index in [1.165, 1.54) is 25.1 Å². The lowest BCUT2D eigenvalue weighted by Gasteiger charge is -2.43. The van der Waals surface area contributed by atoms with Crippen LogP contribution in [-0.4, -0.2) is 63.7 Å². The van der Waals surface area contributed by atoms with E-state index in [1.807, 2.05) is 17.2 Å². The van der Waals surface area contributed by atoms with Gasteiger partial charge in [-0.05, 0) is 38.6 Å². The van der Waals surface area contributed by atoms with Crippen LogP contribution in [0.2, 0.25) is 0 Å². The maximum atomic E-state index is 12.9. The monoisotopic (exact) mass is 425 g/mol. The van der Waals surface area contributed by atoms with Gasteiger partial charge in [0.05, 0.1) is 12.3 Å². The van der Waals surface area contributed by atoms with Crippen molar-refractivity contribution in [3.05, 3.63) is 35.2 Å². The van der Waals surface area contributed by atoms with Crippen molar-refractivity contribution in [3.8, 4) is 0 Å². The first-order valence-electron chi connectivity index (χ1n) is 11.7. The topological polar surface area (TPSA) is 76.6 Å². The third-order valence-electron chi connectivity index (χ3n) is 7.32. The lowest BCUT2D eigenvalue weighted by Crippen LogP contribution is -2.50. The van der Waals surface area contributed by atoms with E-state index in [0.29, 0.717) is 31.3 Å². The number of imidazole rings is 1. The van der Waals surface area contributed by atoms with E-state index in [4.69, 9.17) is 14.2 Å². The molecule has 2 aromatic heterocycles. The number of ether oxygens (including phenoxy) is 1. The fraction of sp³-hybridized carbons (Fsp3) is 0.696. The normalized spacial score (nSPS) is 22.8. The second kappa shape index (κ2) is 7.45. The average Bonchev–Trinajstić information content (AvgIpc) is 3.70. The van der Waals surface area contributed by atoms with Crippen molar-refractivity contribution in [2.24, 2.45) is 5.92 Å². The average molecular weight is 426 g/mol. The van der Waals surface area contributed by atoms with Crippen molar-refractivity contribution in [2.45, 2.75) is 63.1 Å². The molecule has 0 atom stereocenters. The zero-order chi connectivity index (χ0) is 21.0. The highest BCUT2D eigenvalue weighted by Gasteiger charge is 2.44. The van der Waals surface area contributed by atoms with E-state index in [2.05, 4.69) is 21.7 Å². The van der Waals surface area contributed by atoms with Crippen LogP contribution < -0.4 is 0 Å². The van der Waals surface area contributed by atoms with Crippen LogP contribution in [0.3, 0.4) is 0 Å². The summed E-state index contributed by atoms with van der Waals surface area (Å²) in [7, 11) is 2.20. The van der Waals surface area contributed by atoms with Crippen LogP contribution in [0.4, 0.5) is 0 Å². The summed E-state index contributed by atoms with van der Waals surface area (Å²) in [5, 5.41) is 4.03. The number of carbonyl (C=O) groups is 1. The molecule has 0 aromatic carbocycles. The Morgan fingerprint density at radius 3 is 2.77 bits per heavy atom. The third-order valence-corrected chi connectivity index (χ3v) is 7.32. The number of piperidine rings is 1. The Labute approximate surface area is 182 Å². The van der Waals surface area contributed by atoms with Gasteiger partial charge >= 0.3 is 0 Å². The predicted octanol–water partition coefficient (Wildman–Crippen LogP) is 2.75. The lowest BCUT2D eigenvalue weighted by atomic mass is 9.89. The van der Waals surface area contributed by atoms with Crippen molar-refractivity contribution < 1.29 is 14.1 Å². The molecule has 166 valence electrons. The van der Waals surface area contributed by atoms with Crippen LogP contribution in [0.5, 0.6) is 0 Å². The third kappa shape index (κ3) is 3.69. The molecule has 8 heteroatoms. The van der Waals surface area contributed by atoms with Crippen molar-refractivity contribution in [1.82, 2.24) is 24.5 Å². The Balaban J connectivity index is 1.14. The maximum absolute atomic E-state index is 12.9. The van der Waals surface area contributed by atoms with Gasteiger partial charge in [-0.15, -0.1) is 0 Å². The maximum Gasteiger partial charge on any atom is 0.276 e. The number of amides is 1. The summed E-state index contributed by atoms with van der Waals surface area (Å²) < 4.78 is 14.1. The zero-order valence-electron chi connectivity index (χ0n) is 18.3. The Morgan fingerprint density at radius 1 is 1.23 bits per heavy atom. The summed E-state index contributed by atoms with van der Waals surface area (Å²) in [4.78, 5) is 22.0. The number of rotatable bonds is 6.